The molecule has 1 amide bonds. The van der Waals surface area contributed by atoms with Gasteiger partial charge in [-0.2, -0.15) is 5.10 Å². The van der Waals surface area contributed by atoms with Crippen molar-refractivity contribution in [3.63, 3.8) is 0 Å². The number of carbonyl (C=O) groups excluding carboxylic acids is 1. The lowest BCUT2D eigenvalue weighted by Crippen LogP contribution is -2.17. The van der Waals surface area contributed by atoms with Crippen molar-refractivity contribution in [2.75, 3.05) is 7.05 Å². The van der Waals surface area contributed by atoms with Crippen LogP contribution in [-0.2, 0) is 13.0 Å². The maximum Gasteiger partial charge on any atom is 0.254 e. The highest BCUT2D eigenvalue weighted by atomic mass is 16.2. The molecular formula is C19H17N3O. The van der Waals surface area contributed by atoms with E-state index in [0.29, 0.717) is 6.54 Å². The van der Waals surface area contributed by atoms with Crippen LogP contribution < -0.4 is 0 Å². The Morgan fingerprint density at radius 3 is 2.61 bits per heavy atom. The molecule has 1 aromatic heterocycles. The average molecular weight is 303 g/mol. The Kier molecular flexibility index (Phi) is 3.23. The van der Waals surface area contributed by atoms with Gasteiger partial charge in [0.2, 0.25) is 0 Å². The number of benzene rings is 2. The standard InChI is InChI=1S/C19H17N3O/c1-21-13-16-6-3-15(12-18(16)19(21)23)11-14-4-7-17(8-5-14)22-10-2-9-20-22/h2-10,12H,11,13H2,1H3. The van der Waals surface area contributed by atoms with Crippen molar-refractivity contribution >= 4 is 5.91 Å². The van der Waals surface area contributed by atoms with Gasteiger partial charge in [-0.25, -0.2) is 4.68 Å². The molecule has 3 aromatic rings. The second-order valence-corrected chi connectivity index (χ2v) is 5.95. The summed E-state index contributed by atoms with van der Waals surface area (Å²) in [5.74, 6) is 0.121. The number of nitrogens with zero attached hydrogens (tertiary/aromatic N) is 3. The SMILES string of the molecule is CN1Cc2ccc(Cc3ccc(-n4cccn4)cc3)cc2C1=O. The monoisotopic (exact) mass is 303 g/mol. The molecule has 0 atom stereocenters. The van der Waals surface area contributed by atoms with Crippen LogP contribution in [0.5, 0.6) is 0 Å². The van der Waals surface area contributed by atoms with Crippen molar-refractivity contribution in [3.8, 4) is 5.69 Å². The summed E-state index contributed by atoms with van der Waals surface area (Å²) in [5, 5.41) is 4.23. The molecule has 0 unspecified atom stereocenters. The molecule has 4 heteroatoms. The lowest BCUT2D eigenvalue weighted by molar-refractivity contribution is 0.0816. The van der Waals surface area contributed by atoms with Crippen molar-refractivity contribution in [1.29, 1.82) is 0 Å². The fourth-order valence-corrected chi connectivity index (χ4v) is 3.03. The fraction of sp³-hybridized carbons (Fsp3) is 0.158. The Morgan fingerprint density at radius 2 is 1.87 bits per heavy atom. The zero-order valence-corrected chi connectivity index (χ0v) is 12.9. The molecule has 0 bridgehead atoms. The van der Waals surface area contributed by atoms with Gasteiger partial charge in [0.05, 0.1) is 5.69 Å². The molecule has 0 N–H and O–H groups in total. The highest BCUT2D eigenvalue weighted by Crippen LogP contribution is 2.24. The number of amides is 1. The summed E-state index contributed by atoms with van der Waals surface area (Å²) in [5.41, 5.74) is 5.40. The van der Waals surface area contributed by atoms with Crippen molar-refractivity contribution in [1.82, 2.24) is 14.7 Å². The molecule has 4 rings (SSSR count). The average Bonchev–Trinajstić information content (AvgIpc) is 3.19. The number of hydrogen-bond acceptors (Lipinski definition) is 2. The van der Waals surface area contributed by atoms with Gasteiger partial charge >= 0.3 is 0 Å². The van der Waals surface area contributed by atoms with E-state index in [1.807, 2.05) is 30.1 Å². The van der Waals surface area contributed by atoms with E-state index < -0.39 is 0 Å². The molecule has 0 saturated heterocycles. The second-order valence-electron chi connectivity index (χ2n) is 5.95. The van der Waals surface area contributed by atoms with E-state index in [9.17, 15) is 4.79 Å². The molecule has 0 spiro atoms. The Hall–Kier alpha value is -2.88. The molecule has 0 fully saturated rings. The number of hydrogen-bond donors (Lipinski definition) is 0. The molecule has 2 heterocycles. The number of aromatic nitrogens is 2. The van der Waals surface area contributed by atoms with Crippen molar-refractivity contribution in [2.24, 2.45) is 0 Å². The van der Waals surface area contributed by atoms with E-state index in [4.69, 9.17) is 0 Å². The summed E-state index contributed by atoms with van der Waals surface area (Å²) >= 11 is 0. The molecule has 1 aliphatic heterocycles. The predicted octanol–water partition coefficient (Wildman–Crippen LogP) is 3.05. The highest BCUT2D eigenvalue weighted by molar-refractivity contribution is 5.98. The number of carbonyl (C=O) groups is 1. The van der Waals surface area contributed by atoms with Gasteiger partial charge in [-0.3, -0.25) is 4.79 Å². The summed E-state index contributed by atoms with van der Waals surface area (Å²) in [6.45, 7) is 0.715. The summed E-state index contributed by atoms with van der Waals surface area (Å²) in [6, 6.07) is 16.5. The first kappa shape index (κ1) is 13.8. The molecule has 0 radical (unpaired) electrons. The third-order valence-corrected chi connectivity index (χ3v) is 4.27. The van der Waals surface area contributed by atoms with Crippen LogP contribution in [0.4, 0.5) is 0 Å². The third-order valence-electron chi connectivity index (χ3n) is 4.27. The first-order valence-corrected chi connectivity index (χ1v) is 7.67. The lowest BCUT2D eigenvalue weighted by atomic mass is 10.0. The minimum absolute atomic E-state index is 0.121. The second kappa shape index (κ2) is 5.39. The van der Waals surface area contributed by atoms with Crippen LogP contribution in [0.3, 0.4) is 0 Å². The van der Waals surface area contributed by atoms with Crippen LogP contribution in [-0.4, -0.2) is 27.6 Å². The van der Waals surface area contributed by atoms with Gasteiger partial charge in [0.15, 0.2) is 0 Å². The van der Waals surface area contributed by atoms with Gasteiger partial charge in [-0.1, -0.05) is 24.3 Å². The molecule has 23 heavy (non-hydrogen) atoms. The molecule has 0 saturated carbocycles. The smallest absolute Gasteiger partial charge is 0.254 e. The van der Waals surface area contributed by atoms with E-state index in [2.05, 4.69) is 41.5 Å². The maximum absolute atomic E-state index is 12.1. The topological polar surface area (TPSA) is 38.1 Å². The van der Waals surface area contributed by atoms with Crippen LogP contribution in [0.15, 0.2) is 60.9 Å². The number of rotatable bonds is 3. The molecule has 2 aromatic carbocycles. The summed E-state index contributed by atoms with van der Waals surface area (Å²) in [7, 11) is 1.84. The third kappa shape index (κ3) is 2.52. The van der Waals surface area contributed by atoms with E-state index in [-0.39, 0.29) is 5.91 Å². The van der Waals surface area contributed by atoms with Crippen LogP contribution in [0.2, 0.25) is 0 Å². The van der Waals surface area contributed by atoms with Gasteiger partial charge < -0.3 is 4.90 Å². The number of fused-ring (bicyclic) bond motifs is 1. The normalized spacial score (nSPS) is 13.4. The first-order chi connectivity index (χ1) is 11.2. The largest absolute Gasteiger partial charge is 0.337 e. The Labute approximate surface area is 135 Å². The van der Waals surface area contributed by atoms with E-state index in [1.54, 1.807) is 11.1 Å². The Morgan fingerprint density at radius 1 is 1.09 bits per heavy atom. The van der Waals surface area contributed by atoms with Crippen LogP contribution in [0, 0.1) is 0 Å². The van der Waals surface area contributed by atoms with Crippen molar-refractivity contribution < 1.29 is 4.79 Å². The maximum atomic E-state index is 12.1. The van der Waals surface area contributed by atoms with Gasteiger partial charge in [0, 0.05) is 31.5 Å². The Bertz CT molecular complexity index is 851. The zero-order chi connectivity index (χ0) is 15.8. The van der Waals surface area contributed by atoms with Crippen LogP contribution in [0.1, 0.15) is 27.0 Å². The minimum atomic E-state index is 0.121. The Balaban J connectivity index is 1.56. The summed E-state index contributed by atoms with van der Waals surface area (Å²) in [4.78, 5) is 13.9. The van der Waals surface area contributed by atoms with E-state index >= 15 is 0 Å². The van der Waals surface area contributed by atoms with Crippen LogP contribution in [0.25, 0.3) is 5.69 Å². The van der Waals surface area contributed by atoms with E-state index in [0.717, 1.165) is 23.2 Å². The lowest BCUT2D eigenvalue weighted by Gasteiger charge is -2.06. The molecule has 114 valence electrons. The van der Waals surface area contributed by atoms with Gasteiger partial charge in [0.1, 0.15) is 0 Å². The van der Waals surface area contributed by atoms with Crippen molar-refractivity contribution in [3.05, 3.63) is 83.2 Å². The van der Waals surface area contributed by atoms with Gasteiger partial charge in [-0.05, 0) is 47.4 Å². The van der Waals surface area contributed by atoms with Gasteiger partial charge in [0.25, 0.3) is 5.91 Å². The molecule has 4 nitrogen and oxygen atoms in total. The minimum Gasteiger partial charge on any atom is -0.337 e. The summed E-state index contributed by atoms with van der Waals surface area (Å²) in [6.07, 6.45) is 4.52. The quantitative estimate of drug-likeness (QED) is 0.746. The van der Waals surface area contributed by atoms with Crippen molar-refractivity contribution in [2.45, 2.75) is 13.0 Å². The van der Waals surface area contributed by atoms with Crippen LogP contribution >= 0.6 is 0 Å². The molecular weight excluding hydrogens is 286 g/mol. The first-order valence-electron chi connectivity index (χ1n) is 7.67. The molecule has 0 aliphatic carbocycles. The highest BCUT2D eigenvalue weighted by Gasteiger charge is 2.24. The predicted molar refractivity (Wildman–Crippen MR) is 88.6 cm³/mol. The summed E-state index contributed by atoms with van der Waals surface area (Å²) < 4.78 is 1.84. The zero-order valence-electron chi connectivity index (χ0n) is 12.9. The van der Waals surface area contributed by atoms with Gasteiger partial charge in [-0.15, -0.1) is 0 Å². The van der Waals surface area contributed by atoms with E-state index in [1.165, 1.54) is 11.1 Å². The molecule has 1 aliphatic rings. The fourth-order valence-electron chi connectivity index (χ4n) is 3.03.